The molecule has 18 heavy (non-hydrogen) atoms. The minimum atomic E-state index is -0.257. The third kappa shape index (κ3) is 2.53. The number of nitrogens with zero attached hydrogens (tertiary/aromatic N) is 3. The van der Waals surface area contributed by atoms with Crippen LogP contribution >= 0.6 is 11.6 Å². The molecule has 0 spiro atoms. The molecular formula is C12H16ClN5. The van der Waals surface area contributed by atoms with Crippen LogP contribution in [-0.2, 0) is 6.54 Å². The maximum Gasteiger partial charge on any atom is 0.106 e. The molecule has 0 saturated carbocycles. The third-order valence-electron chi connectivity index (χ3n) is 2.71. The van der Waals surface area contributed by atoms with E-state index in [1.54, 1.807) is 24.5 Å². The van der Waals surface area contributed by atoms with Crippen molar-refractivity contribution in [3.8, 4) is 0 Å². The normalized spacial score (nSPS) is 12.6. The largest absolute Gasteiger partial charge is 0.270 e. The Labute approximate surface area is 111 Å². The van der Waals surface area contributed by atoms with E-state index in [1.165, 1.54) is 0 Å². The lowest BCUT2D eigenvalue weighted by Crippen LogP contribution is -2.31. The molecule has 0 fully saturated rings. The highest BCUT2D eigenvalue weighted by molar-refractivity contribution is 6.31. The van der Waals surface area contributed by atoms with E-state index in [4.69, 9.17) is 17.4 Å². The molecule has 96 valence electrons. The highest BCUT2D eigenvalue weighted by Gasteiger charge is 2.20. The molecule has 3 N–H and O–H groups in total. The van der Waals surface area contributed by atoms with Gasteiger partial charge >= 0.3 is 0 Å². The van der Waals surface area contributed by atoms with Crippen molar-refractivity contribution < 1.29 is 0 Å². The van der Waals surface area contributed by atoms with Gasteiger partial charge < -0.3 is 0 Å². The summed E-state index contributed by atoms with van der Waals surface area (Å²) in [6, 6.07) is 5.26. The predicted molar refractivity (Wildman–Crippen MR) is 70.9 cm³/mol. The molecule has 2 heterocycles. The maximum absolute atomic E-state index is 6.16. The van der Waals surface area contributed by atoms with Gasteiger partial charge in [0.25, 0.3) is 0 Å². The first-order chi connectivity index (χ1) is 8.77. The number of rotatable bonds is 5. The summed E-state index contributed by atoms with van der Waals surface area (Å²) >= 11 is 6.16. The average molecular weight is 266 g/mol. The Balaban J connectivity index is 2.39. The molecule has 5 nitrogen and oxygen atoms in total. The molecule has 0 aliphatic rings. The fraction of sp³-hybridized carbons (Fsp3) is 0.333. The van der Waals surface area contributed by atoms with Crippen LogP contribution in [0.4, 0.5) is 0 Å². The van der Waals surface area contributed by atoms with Crippen LogP contribution in [0.15, 0.2) is 30.6 Å². The zero-order valence-electron chi connectivity index (χ0n) is 10.2. The van der Waals surface area contributed by atoms with Crippen LogP contribution in [-0.4, -0.2) is 14.8 Å². The standard InChI is InChI=1S/C12H16ClN5/c1-2-8-18-10(5-7-16-18)12(17-14)11-9(13)4-3-6-15-11/h3-7,12,17H,2,8,14H2,1H3. The van der Waals surface area contributed by atoms with Gasteiger partial charge in [0.2, 0.25) is 0 Å². The lowest BCUT2D eigenvalue weighted by Gasteiger charge is -2.18. The van der Waals surface area contributed by atoms with Crippen molar-refractivity contribution in [2.75, 3.05) is 0 Å². The van der Waals surface area contributed by atoms with Crippen LogP contribution in [0, 0.1) is 0 Å². The van der Waals surface area contributed by atoms with Crippen LogP contribution < -0.4 is 11.3 Å². The van der Waals surface area contributed by atoms with E-state index in [2.05, 4.69) is 22.4 Å². The van der Waals surface area contributed by atoms with Gasteiger partial charge in [0.15, 0.2) is 0 Å². The fourth-order valence-corrected chi connectivity index (χ4v) is 2.13. The lowest BCUT2D eigenvalue weighted by molar-refractivity contribution is 0.515. The zero-order chi connectivity index (χ0) is 13.0. The Kier molecular flexibility index (Phi) is 4.30. The van der Waals surface area contributed by atoms with E-state index in [9.17, 15) is 0 Å². The molecule has 0 bridgehead atoms. The summed E-state index contributed by atoms with van der Waals surface area (Å²) in [5.74, 6) is 5.64. The van der Waals surface area contributed by atoms with Crippen molar-refractivity contribution in [2.24, 2.45) is 5.84 Å². The van der Waals surface area contributed by atoms with Gasteiger partial charge in [-0.1, -0.05) is 18.5 Å². The van der Waals surface area contributed by atoms with E-state index in [-0.39, 0.29) is 6.04 Å². The van der Waals surface area contributed by atoms with Crippen LogP contribution in [0.1, 0.15) is 30.8 Å². The summed E-state index contributed by atoms with van der Waals surface area (Å²) in [6.45, 7) is 2.94. The van der Waals surface area contributed by atoms with Crippen molar-refractivity contribution in [2.45, 2.75) is 25.9 Å². The second-order valence-electron chi connectivity index (χ2n) is 3.95. The molecular weight excluding hydrogens is 250 g/mol. The van der Waals surface area contributed by atoms with Gasteiger partial charge in [-0.3, -0.25) is 15.5 Å². The van der Waals surface area contributed by atoms with Crippen molar-refractivity contribution in [3.63, 3.8) is 0 Å². The smallest absolute Gasteiger partial charge is 0.106 e. The van der Waals surface area contributed by atoms with Crippen LogP contribution in [0.3, 0.4) is 0 Å². The second kappa shape index (κ2) is 5.95. The number of halogens is 1. The molecule has 0 aromatic carbocycles. The first kappa shape index (κ1) is 13.0. The predicted octanol–water partition coefficient (Wildman–Crippen LogP) is 1.89. The molecule has 2 aromatic heterocycles. The summed E-state index contributed by atoms with van der Waals surface area (Å²) in [6.07, 6.45) is 4.46. The molecule has 0 radical (unpaired) electrons. The SMILES string of the molecule is CCCn1nccc1C(NN)c1ncccc1Cl. The van der Waals surface area contributed by atoms with Gasteiger partial charge in [-0.15, -0.1) is 0 Å². The Bertz CT molecular complexity index is 511. The Morgan fingerprint density at radius 3 is 2.94 bits per heavy atom. The monoisotopic (exact) mass is 265 g/mol. The molecule has 1 atom stereocenters. The summed E-state index contributed by atoms with van der Waals surface area (Å²) in [5.41, 5.74) is 4.42. The summed E-state index contributed by atoms with van der Waals surface area (Å²) in [5, 5.41) is 4.87. The summed E-state index contributed by atoms with van der Waals surface area (Å²) in [7, 11) is 0. The topological polar surface area (TPSA) is 68.8 Å². The summed E-state index contributed by atoms with van der Waals surface area (Å²) in [4.78, 5) is 4.29. The van der Waals surface area contributed by atoms with Crippen LogP contribution in [0.2, 0.25) is 5.02 Å². The highest BCUT2D eigenvalue weighted by atomic mass is 35.5. The van der Waals surface area contributed by atoms with Crippen molar-refractivity contribution in [3.05, 3.63) is 47.0 Å². The number of aryl methyl sites for hydroxylation is 1. The molecule has 0 aliphatic carbocycles. The minimum Gasteiger partial charge on any atom is -0.270 e. The van der Waals surface area contributed by atoms with E-state index in [1.807, 2.05) is 10.7 Å². The van der Waals surface area contributed by atoms with Gasteiger partial charge in [-0.2, -0.15) is 5.10 Å². The number of nitrogens with one attached hydrogen (secondary N) is 1. The second-order valence-corrected chi connectivity index (χ2v) is 4.36. The molecule has 2 rings (SSSR count). The number of hydrogen-bond acceptors (Lipinski definition) is 4. The van der Waals surface area contributed by atoms with Crippen LogP contribution in [0.25, 0.3) is 0 Å². The van der Waals surface area contributed by atoms with E-state index in [0.717, 1.165) is 18.7 Å². The Hall–Kier alpha value is -1.43. The molecule has 1 unspecified atom stereocenters. The van der Waals surface area contributed by atoms with Crippen molar-refractivity contribution >= 4 is 11.6 Å². The Morgan fingerprint density at radius 2 is 2.28 bits per heavy atom. The number of pyridine rings is 1. The lowest BCUT2D eigenvalue weighted by atomic mass is 10.1. The van der Waals surface area contributed by atoms with Gasteiger partial charge in [0.05, 0.1) is 16.4 Å². The fourth-order valence-electron chi connectivity index (χ4n) is 1.90. The first-order valence-corrected chi connectivity index (χ1v) is 6.24. The number of aromatic nitrogens is 3. The molecule has 0 amide bonds. The van der Waals surface area contributed by atoms with Crippen molar-refractivity contribution in [1.82, 2.24) is 20.2 Å². The third-order valence-corrected chi connectivity index (χ3v) is 3.03. The maximum atomic E-state index is 6.16. The first-order valence-electron chi connectivity index (χ1n) is 5.86. The van der Waals surface area contributed by atoms with Gasteiger partial charge in [0.1, 0.15) is 6.04 Å². The quantitative estimate of drug-likeness (QED) is 0.640. The van der Waals surface area contributed by atoms with Gasteiger partial charge in [-0.05, 0) is 24.6 Å². The molecule has 6 heteroatoms. The van der Waals surface area contributed by atoms with Gasteiger partial charge in [-0.25, -0.2) is 5.43 Å². The average Bonchev–Trinajstić information content (AvgIpc) is 2.82. The van der Waals surface area contributed by atoms with E-state index < -0.39 is 0 Å². The number of nitrogens with two attached hydrogens (primary N) is 1. The van der Waals surface area contributed by atoms with Crippen LogP contribution in [0.5, 0.6) is 0 Å². The Morgan fingerprint density at radius 1 is 1.44 bits per heavy atom. The minimum absolute atomic E-state index is 0.257. The molecule has 2 aromatic rings. The van der Waals surface area contributed by atoms with E-state index in [0.29, 0.717) is 10.7 Å². The van der Waals surface area contributed by atoms with Gasteiger partial charge in [0, 0.05) is 18.9 Å². The number of hydrazine groups is 1. The number of hydrogen-bond donors (Lipinski definition) is 2. The molecule has 0 saturated heterocycles. The van der Waals surface area contributed by atoms with Crippen molar-refractivity contribution in [1.29, 1.82) is 0 Å². The highest BCUT2D eigenvalue weighted by Crippen LogP contribution is 2.25. The molecule has 0 aliphatic heterocycles. The van der Waals surface area contributed by atoms with E-state index >= 15 is 0 Å². The summed E-state index contributed by atoms with van der Waals surface area (Å²) < 4.78 is 1.91. The zero-order valence-corrected chi connectivity index (χ0v) is 10.9.